The monoisotopic (exact) mass is 471 g/mol. The van der Waals surface area contributed by atoms with Crippen LogP contribution in [0.25, 0.3) is 0 Å². The van der Waals surface area contributed by atoms with Gasteiger partial charge in [-0.25, -0.2) is 4.79 Å². The maximum atomic E-state index is 12.7. The van der Waals surface area contributed by atoms with Crippen LogP contribution in [0.4, 0.5) is 11.4 Å². The number of hydrogen-bond donors (Lipinski definition) is 3. The quantitative estimate of drug-likeness (QED) is 0.446. The molecule has 1 saturated carbocycles. The van der Waals surface area contributed by atoms with E-state index >= 15 is 0 Å². The van der Waals surface area contributed by atoms with Gasteiger partial charge in [0, 0.05) is 17.4 Å². The van der Waals surface area contributed by atoms with Gasteiger partial charge in [0.15, 0.2) is 0 Å². The number of esters is 1. The second kappa shape index (κ2) is 12.3. The predicted molar refractivity (Wildman–Crippen MR) is 130 cm³/mol. The van der Waals surface area contributed by atoms with Crippen molar-refractivity contribution in [2.75, 3.05) is 23.8 Å². The highest BCUT2D eigenvalue weighted by Crippen LogP contribution is 2.23. The van der Waals surface area contributed by atoms with E-state index in [-0.39, 0.29) is 30.4 Å². The molecule has 1 fully saturated rings. The maximum absolute atomic E-state index is 12.7. The largest absolute Gasteiger partial charge is 0.462 e. The number of amides is 2. The van der Waals surface area contributed by atoms with Crippen molar-refractivity contribution in [1.29, 1.82) is 0 Å². The molecule has 2 amide bonds. The molecule has 0 heterocycles. The first-order valence-corrected chi connectivity index (χ1v) is 11.8. The Morgan fingerprint density at radius 2 is 1.70 bits per heavy atom. The molecule has 3 rings (SSSR count). The third-order valence-electron chi connectivity index (χ3n) is 5.45. The van der Waals surface area contributed by atoms with Crippen LogP contribution in [-0.2, 0) is 9.53 Å². The summed E-state index contributed by atoms with van der Waals surface area (Å²) in [7, 11) is 0. The van der Waals surface area contributed by atoms with E-state index in [1.165, 1.54) is 6.42 Å². The average Bonchev–Trinajstić information content (AvgIpc) is 2.83. The number of hydrogen-bond acceptors (Lipinski definition) is 5. The molecule has 0 radical (unpaired) electrons. The van der Waals surface area contributed by atoms with E-state index in [1.54, 1.807) is 42.5 Å². The predicted octanol–water partition coefficient (Wildman–Crippen LogP) is 5.02. The van der Waals surface area contributed by atoms with Crippen LogP contribution in [-0.4, -0.2) is 37.0 Å². The van der Waals surface area contributed by atoms with E-state index in [9.17, 15) is 14.4 Å². The normalized spacial score (nSPS) is 13.8. The van der Waals surface area contributed by atoms with Gasteiger partial charge in [-0.15, -0.1) is 0 Å². The van der Waals surface area contributed by atoms with E-state index in [0.717, 1.165) is 32.1 Å². The molecule has 2 aromatic rings. The molecule has 1 aliphatic rings. The lowest BCUT2D eigenvalue weighted by atomic mass is 9.95. The molecule has 0 aliphatic heterocycles. The first kappa shape index (κ1) is 24.6. The number of ether oxygens (including phenoxy) is 1. The van der Waals surface area contributed by atoms with Gasteiger partial charge in [0.2, 0.25) is 5.91 Å². The van der Waals surface area contributed by atoms with Crippen molar-refractivity contribution in [2.45, 2.75) is 51.5 Å². The Labute approximate surface area is 199 Å². The van der Waals surface area contributed by atoms with E-state index in [1.807, 2.05) is 6.92 Å². The molecule has 8 heteroatoms. The summed E-state index contributed by atoms with van der Waals surface area (Å²) < 4.78 is 5.10. The Balaban J connectivity index is 1.52. The van der Waals surface area contributed by atoms with Gasteiger partial charge in [0.05, 0.1) is 29.3 Å². The zero-order valence-electron chi connectivity index (χ0n) is 18.8. The molecular formula is C25H30ClN3O4. The van der Waals surface area contributed by atoms with E-state index in [2.05, 4.69) is 16.0 Å². The molecule has 0 saturated heterocycles. The van der Waals surface area contributed by atoms with Crippen LogP contribution in [0.2, 0.25) is 5.02 Å². The highest BCUT2D eigenvalue weighted by atomic mass is 35.5. The highest BCUT2D eigenvalue weighted by molar-refractivity contribution is 6.34. The fraction of sp³-hybridized carbons (Fsp3) is 0.400. The smallest absolute Gasteiger partial charge is 0.338 e. The van der Waals surface area contributed by atoms with E-state index < -0.39 is 0 Å². The van der Waals surface area contributed by atoms with Crippen molar-refractivity contribution >= 4 is 40.8 Å². The zero-order chi connectivity index (χ0) is 23.6. The van der Waals surface area contributed by atoms with Crippen molar-refractivity contribution in [1.82, 2.24) is 5.32 Å². The minimum atomic E-state index is -0.368. The number of rotatable bonds is 9. The van der Waals surface area contributed by atoms with Crippen LogP contribution in [0.5, 0.6) is 0 Å². The van der Waals surface area contributed by atoms with Crippen LogP contribution in [0.15, 0.2) is 42.5 Å². The third-order valence-corrected chi connectivity index (χ3v) is 5.78. The number of anilines is 2. The molecule has 176 valence electrons. The Bertz CT molecular complexity index is 972. The lowest BCUT2D eigenvalue weighted by Gasteiger charge is -2.23. The minimum absolute atomic E-state index is 0.0197. The summed E-state index contributed by atoms with van der Waals surface area (Å²) in [4.78, 5) is 36.9. The van der Waals surface area contributed by atoms with Gasteiger partial charge in [-0.05, 0) is 61.7 Å². The lowest BCUT2D eigenvalue weighted by molar-refractivity contribution is -0.114. The Kier molecular flexibility index (Phi) is 9.13. The summed E-state index contributed by atoms with van der Waals surface area (Å²) >= 11 is 6.23. The molecular weight excluding hydrogens is 442 g/mol. The van der Waals surface area contributed by atoms with Crippen molar-refractivity contribution in [3.8, 4) is 0 Å². The zero-order valence-corrected chi connectivity index (χ0v) is 19.5. The molecule has 0 unspecified atom stereocenters. The summed E-state index contributed by atoms with van der Waals surface area (Å²) in [5.41, 5.74) is 1.99. The van der Waals surface area contributed by atoms with E-state index in [4.69, 9.17) is 16.3 Å². The number of halogens is 1. The van der Waals surface area contributed by atoms with Gasteiger partial charge in [-0.1, -0.05) is 37.8 Å². The second-order valence-corrected chi connectivity index (χ2v) is 8.53. The number of nitrogens with one attached hydrogen (secondary N) is 3. The summed E-state index contributed by atoms with van der Waals surface area (Å²) in [6.07, 6.45) is 6.17. The summed E-state index contributed by atoms with van der Waals surface area (Å²) in [5, 5.41) is 9.17. The standard InChI is InChI=1S/C25H30ClN3O4/c1-2-14-33-25(32)17-8-10-18(11-9-17)27-16-23(30)28-20-12-13-22(26)21(15-20)24(31)29-19-6-4-3-5-7-19/h8-13,15,19,27H,2-7,14,16H2,1H3,(H,28,30)(H,29,31). The summed E-state index contributed by atoms with van der Waals surface area (Å²) in [6.45, 7) is 2.34. The van der Waals surface area contributed by atoms with Crippen LogP contribution in [0, 0.1) is 0 Å². The molecule has 3 N–H and O–H groups in total. The first-order valence-electron chi connectivity index (χ1n) is 11.4. The number of benzene rings is 2. The van der Waals surface area contributed by atoms with Gasteiger partial charge in [-0.3, -0.25) is 9.59 Å². The SMILES string of the molecule is CCCOC(=O)c1ccc(NCC(=O)Nc2ccc(Cl)c(C(=O)NC3CCCCC3)c2)cc1. The molecule has 0 aromatic heterocycles. The molecule has 33 heavy (non-hydrogen) atoms. The van der Waals surface area contributed by atoms with Crippen molar-refractivity contribution in [3.05, 3.63) is 58.6 Å². The third kappa shape index (κ3) is 7.49. The van der Waals surface area contributed by atoms with Gasteiger partial charge in [0.1, 0.15) is 0 Å². The molecule has 0 atom stereocenters. The van der Waals surface area contributed by atoms with Gasteiger partial charge in [0.25, 0.3) is 5.91 Å². The number of carbonyl (C=O) groups is 3. The fourth-order valence-corrected chi connectivity index (χ4v) is 3.88. The topological polar surface area (TPSA) is 96.5 Å². The Morgan fingerprint density at radius 3 is 2.39 bits per heavy atom. The average molecular weight is 472 g/mol. The Morgan fingerprint density at radius 1 is 1.00 bits per heavy atom. The van der Waals surface area contributed by atoms with Gasteiger partial charge < -0.3 is 20.7 Å². The maximum Gasteiger partial charge on any atom is 0.338 e. The number of carbonyl (C=O) groups excluding carboxylic acids is 3. The van der Waals surface area contributed by atoms with Crippen LogP contribution < -0.4 is 16.0 Å². The molecule has 0 bridgehead atoms. The van der Waals surface area contributed by atoms with Crippen molar-refractivity contribution in [3.63, 3.8) is 0 Å². The van der Waals surface area contributed by atoms with Crippen molar-refractivity contribution in [2.24, 2.45) is 0 Å². The van der Waals surface area contributed by atoms with Crippen LogP contribution in [0.1, 0.15) is 66.2 Å². The molecule has 7 nitrogen and oxygen atoms in total. The molecule has 2 aromatic carbocycles. The summed E-state index contributed by atoms with van der Waals surface area (Å²) in [6, 6.07) is 11.8. The van der Waals surface area contributed by atoms with Gasteiger partial charge >= 0.3 is 5.97 Å². The highest BCUT2D eigenvalue weighted by Gasteiger charge is 2.19. The second-order valence-electron chi connectivity index (χ2n) is 8.12. The fourth-order valence-electron chi connectivity index (χ4n) is 3.68. The Hall–Kier alpha value is -3.06. The lowest BCUT2D eigenvalue weighted by Crippen LogP contribution is -2.36. The van der Waals surface area contributed by atoms with Gasteiger partial charge in [-0.2, -0.15) is 0 Å². The van der Waals surface area contributed by atoms with Crippen LogP contribution in [0.3, 0.4) is 0 Å². The molecule has 1 aliphatic carbocycles. The first-order chi connectivity index (χ1) is 16.0. The van der Waals surface area contributed by atoms with Crippen LogP contribution >= 0.6 is 11.6 Å². The molecule has 0 spiro atoms. The van der Waals surface area contributed by atoms with Crippen molar-refractivity contribution < 1.29 is 19.1 Å². The van der Waals surface area contributed by atoms with E-state index in [0.29, 0.717) is 34.1 Å². The summed E-state index contributed by atoms with van der Waals surface area (Å²) in [5.74, 6) is -0.867. The minimum Gasteiger partial charge on any atom is -0.462 e.